The predicted octanol–water partition coefficient (Wildman–Crippen LogP) is 3.82. The summed E-state index contributed by atoms with van der Waals surface area (Å²) in [6.07, 6.45) is -2.35. The van der Waals surface area contributed by atoms with Gasteiger partial charge in [0.25, 0.3) is 6.43 Å². The molecule has 78 valence electrons. The highest BCUT2D eigenvalue weighted by molar-refractivity contribution is 9.10. The van der Waals surface area contributed by atoms with Crippen molar-refractivity contribution in [3.8, 4) is 0 Å². The van der Waals surface area contributed by atoms with Crippen LogP contribution < -0.4 is 5.32 Å². The molecule has 0 fully saturated rings. The van der Waals surface area contributed by atoms with Crippen LogP contribution in [0.25, 0.3) is 0 Å². The second-order valence-electron chi connectivity index (χ2n) is 3.23. The largest absolute Gasteiger partial charge is 0.377 e. The number of aryl methyl sites for hydroxylation is 1. The van der Waals surface area contributed by atoms with E-state index < -0.39 is 12.5 Å². The fourth-order valence-corrected chi connectivity index (χ4v) is 1.57. The Kier molecular flexibility index (Phi) is 3.86. The molecule has 0 aliphatic heterocycles. The molecule has 0 heterocycles. The van der Waals surface area contributed by atoms with Gasteiger partial charge in [0.1, 0.15) is 0 Å². The minimum atomic E-state index is -2.35. The minimum Gasteiger partial charge on any atom is -0.377 e. The first kappa shape index (κ1) is 11.4. The van der Waals surface area contributed by atoms with Crippen molar-refractivity contribution in [2.45, 2.75) is 26.3 Å². The summed E-state index contributed by atoms with van der Waals surface area (Å²) in [4.78, 5) is 0. The van der Waals surface area contributed by atoms with Crippen LogP contribution in [0.2, 0.25) is 0 Å². The Balaban J connectivity index is 2.77. The lowest BCUT2D eigenvalue weighted by Crippen LogP contribution is -2.24. The van der Waals surface area contributed by atoms with Gasteiger partial charge in [-0.2, -0.15) is 0 Å². The summed E-state index contributed by atoms with van der Waals surface area (Å²) < 4.78 is 25.5. The monoisotopic (exact) mass is 263 g/mol. The van der Waals surface area contributed by atoms with E-state index in [0.717, 1.165) is 15.7 Å². The number of benzene rings is 1. The number of alkyl halides is 2. The van der Waals surface area contributed by atoms with Crippen molar-refractivity contribution < 1.29 is 8.78 Å². The molecule has 1 nitrogen and oxygen atoms in total. The van der Waals surface area contributed by atoms with E-state index >= 15 is 0 Å². The summed E-state index contributed by atoms with van der Waals surface area (Å²) in [7, 11) is 0. The fourth-order valence-electron chi connectivity index (χ4n) is 1.10. The van der Waals surface area contributed by atoms with Gasteiger partial charge in [-0.25, -0.2) is 8.78 Å². The van der Waals surface area contributed by atoms with Crippen LogP contribution in [-0.2, 0) is 0 Å². The standard InChI is InChI=1S/C10H12BrF2N/c1-6-5-8(11)3-4-9(6)14-7(2)10(12)13/h3-5,7,10,14H,1-2H3. The third-order valence-corrected chi connectivity index (χ3v) is 2.44. The third kappa shape index (κ3) is 2.94. The fraction of sp³-hybridized carbons (Fsp3) is 0.400. The molecule has 0 aliphatic rings. The highest BCUT2D eigenvalue weighted by Crippen LogP contribution is 2.21. The minimum absolute atomic E-state index is 0.751. The SMILES string of the molecule is Cc1cc(Br)ccc1NC(C)C(F)F. The first-order chi connectivity index (χ1) is 6.50. The molecule has 0 aliphatic carbocycles. The van der Waals surface area contributed by atoms with Crippen molar-refractivity contribution >= 4 is 21.6 Å². The van der Waals surface area contributed by atoms with E-state index in [9.17, 15) is 8.78 Å². The molecule has 0 radical (unpaired) electrons. The Hall–Kier alpha value is -0.640. The van der Waals surface area contributed by atoms with Crippen LogP contribution in [0.3, 0.4) is 0 Å². The zero-order valence-corrected chi connectivity index (χ0v) is 9.61. The van der Waals surface area contributed by atoms with Gasteiger partial charge in [0.05, 0.1) is 6.04 Å². The van der Waals surface area contributed by atoms with E-state index in [0.29, 0.717) is 0 Å². The average molecular weight is 264 g/mol. The van der Waals surface area contributed by atoms with E-state index in [1.165, 1.54) is 6.92 Å². The van der Waals surface area contributed by atoms with Gasteiger partial charge in [0, 0.05) is 10.2 Å². The first-order valence-electron chi connectivity index (χ1n) is 4.31. The lowest BCUT2D eigenvalue weighted by atomic mass is 10.2. The molecule has 0 spiro atoms. The van der Waals surface area contributed by atoms with E-state index in [2.05, 4.69) is 21.2 Å². The third-order valence-electron chi connectivity index (χ3n) is 1.95. The average Bonchev–Trinajstić information content (AvgIpc) is 2.09. The molecule has 1 rings (SSSR count). The van der Waals surface area contributed by atoms with Gasteiger partial charge in [-0.05, 0) is 37.6 Å². The van der Waals surface area contributed by atoms with Crippen LogP contribution in [0.1, 0.15) is 12.5 Å². The molecule has 0 saturated carbocycles. The van der Waals surface area contributed by atoms with E-state index in [1.807, 2.05) is 19.1 Å². The maximum atomic E-state index is 12.3. The van der Waals surface area contributed by atoms with E-state index in [1.54, 1.807) is 6.07 Å². The summed E-state index contributed by atoms with van der Waals surface area (Å²) in [5.74, 6) is 0. The van der Waals surface area contributed by atoms with Crippen molar-refractivity contribution in [1.82, 2.24) is 0 Å². The topological polar surface area (TPSA) is 12.0 Å². The lowest BCUT2D eigenvalue weighted by molar-refractivity contribution is 0.130. The highest BCUT2D eigenvalue weighted by Gasteiger charge is 2.14. The van der Waals surface area contributed by atoms with Crippen molar-refractivity contribution in [3.63, 3.8) is 0 Å². The number of hydrogen-bond donors (Lipinski definition) is 1. The van der Waals surface area contributed by atoms with E-state index in [4.69, 9.17) is 0 Å². The summed E-state index contributed by atoms with van der Waals surface area (Å²) in [5, 5.41) is 2.77. The zero-order valence-electron chi connectivity index (χ0n) is 8.02. The maximum Gasteiger partial charge on any atom is 0.258 e. The summed E-state index contributed by atoms with van der Waals surface area (Å²) >= 11 is 3.32. The summed E-state index contributed by atoms with van der Waals surface area (Å²) in [6.45, 7) is 3.34. The summed E-state index contributed by atoms with van der Waals surface area (Å²) in [5.41, 5.74) is 1.70. The van der Waals surface area contributed by atoms with Crippen LogP contribution >= 0.6 is 15.9 Å². The Morgan fingerprint density at radius 3 is 2.50 bits per heavy atom. The predicted molar refractivity (Wildman–Crippen MR) is 58.0 cm³/mol. The van der Waals surface area contributed by atoms with Crippen LogP contribution in [0.15, 0.2) is 22.7 Å². The van der Waals surface area contributed by atoms with Crippen LogP contribution in [-0.4, -0.2) is 12.5 Å². The highest BCUT2D eigenvalue weighted by atomic mass is 79.9. The van der Waals surface area contributed by atoms with Gasteiger partial charge in [-0.15, -0.1) is 0 Å². The van der Waals surface area contributed by atoms with Crippen molar-refractivity contribution in [2.75, 3.05) is 5.32 Å². The Morgan fingerprint density at radius 2 is 2.00 bits per heavy atom. The number of halogens is 3. The molecule has 1 aromatic rings. The number of anilines is 1. The quantitative estimate of drug-likeness (QED) is 0.875. The number of nitrogens with one attached hydrogen (secondary N) is 1. The number of hydrogen-bond acceptors (Lipinski definition) is 1. The lowest BCUT2D eigenvalue weighted by Gasteiger charge is -2.16. The number of rotatable bonds is 3. The zero-order chi connectivity index (χ0) is 10.7. The second-order valence-corrected chi connectivity index (χ2v) is 4.14. The summed E-state index contributed by atoms with van der Waals surface area (Å²) in [6, 6.07) is 4.68. The molecule has 0 amide bonds. The normalized spacial score (nSPS) is 13.0. The molecular formula is C10H12BrF2N. The van der Waals surface area contributed by atoms with Gasteiger partial charge >= 0.3 is 0 Å². The van der Waals surface area contributed by atoms with Crippen LogP contribution in [0, 0.1) is 6.92 Å². The molecule has 0 bridgehead atoms. The van der Waals surface area contributed by atoms with Gasteiger partial charge in [-0.3, -0.25) is 0 Å². The van der Waals surface area contributed by atoms with Crippen LogP contribution in [0.5, 0.6) is 0 Å². The van der Waals surface area contributed by atoms with Gasteiger partial charge in [0.2, 0.25) is 0 Å². The molecule has 1 unspecified atom stereocenters. The maximum absolute atomic E-state index is 12.3. The molecule has 4 heteroatoms. The van der Waals surface area contributed by atoms with Gasteiger partial charge in [-0.1, -0.05) is 15.9 Å². The van der Waals surface area contributed by atoms with Crippen molar-refractivity contribution in [1.29, 1.82) is 0 Å². The van der Waals surface area contributed by atoms with Gasteiger partial charge < -0.3 is 5.32 Å². The van der Waals surface area contributed by atoms with Gasteiger partial charge in [0.15, 0.2) is 0 Å². The molecular weight excluding hydrogens is 252 g/mol. The smallest absolute Gasteiger partial charge is 0.258 e. The van der Waals surface area contributed by atoms with Crippen molar-refractivity contribution in [2.24, 2.45) is 0 Å². The van der Waals surface area contributed by atoms with E-state index in [-0.39, 0.29) is 0 Å². The molecule has 0 aromatic heterocycles. The molecule has 1 aromatic carbocycles. The Morgan fingerprint density at radius 1 is 1.36 bits per heavy atom. The Labute approximate surface area is 90.6 Å². The van der Waals surface area contributed by atoms with Crippen LogP contribution in [0.4, 0.5) is 14.5 Å². The molecule has 14 heavy (non-hydrogen) atoms. The Bertz CT molecular complexity index is 315. The van der Waals surface area contributed by atoms with Crippen molar-refractivity contribution in [3.05, 3.63) is 28.2 Å². The first-order valence-corrected chi connectivity index (χ1v) is 5.11. The molecule has 1 N–H and O–H groups in total. The molecule has 1 atom stereocenters. The molecule has 0 saturated heterocycles. The second kappa shape index (κ2) is 4.73.